The molecule has 106 valence electrons. The maximum absolute atomic E-state index is 13.0. The normalized spacial score (nSPS) is 10.5. The molecule has 1 amide bonds. The first kappa shape index (κ1) is 15.6. The average Bonchev–Trinajstić information content (AvgIpc) is 2.38. The molecule has 0 fully saturated rings. The van der Waals surface area contributed by atoms with Gasteiger partial charge in [-0.05, 0) is 30.5 Å². The Hall–Kier alpha value is -1.45. The molecule has 0 bridgehead atoms. The zero-order chi connectivity index (χ0) is 14.1. The van der Waals surface area contributed by atoms with Crippen LogP contribution in [0, 0.1) is 5.95 Å². The minimum Gasteiger partial charge on any atom is -0.342 e. The quantitative estimate of drug-likeness (QED) is 0.677. The highest BCUT2D eigenvalue weighted by atomic mass is 19.1. The van der Waals surface area contributed by atoms with Crippen molar-refractivity contribution < 1.29 is 9.18 Å². The van der Waals surface area contributed by atoms with E-state index in [1.54, 1.807) is 6.07 Å². The molecule has 0 aliphatic heterocycles. The van der Waals surface area contributed by atoms with Crippen LogP contribution in [0.1, 0.15) is 45.1 Å². The van der Waals surface area contributed by atoms with Gasteiger partial charge in [0.25, 0.3) is 0 Å². The Bertz CT molecular complexity index is 387. The minimum atomic E-state index is -0.529. The van der Waals surface area contributed by atoms with Crippen molar-refractivity contribution in [2.45, 2.75) is 46.0 Å². The van der Waals surface area contributed by atoms with E-state index in [0.717, 1.165) is 38.8 Å². The Morgan fingerprint density at radius 1 is 1.26 bits per heavy atom. The molecule has 0 aliphatic carbocycles. The van der Waals surface area contributed by atoms with Gasteiger partial charge in [-0.15, -0.1) is 0 Å². The Morgan fingerprint density at radius 3 is 2.42 bits per heavy atom. The van der Waals surface area contributed by atoms with E-state index in [4.69, 9.17) is 0 Å². The molecule has 0 unspecified atom stereocenters. The molecular weight excluding hydrogens is 243 g/mol. The molecule has 1 aromatic rings. The average molecular weight is 266 g/mol. The molecule has 1 heterocycles. The first-order chi connectivity index (χ1) is 9.17. The van der Waals surface area contributed by atoms with E-state index in [-0.39, 0.29) is 12.3 Å². The van der Waals surface area contributed by atoms with Gasteiger partial charge in [0.15, 0.2) is 0 Å². The third kappa shape index (κ3) is 5.81. The van der Waals surface area contributed by atoms with E-state index in [9.17, 15) is 9.18 Å². The van der Waals surface area contributed by atoms with Crippen molar-refractivity contribution in [1.82, 2.24) is 9.88 Å². The van der Waals surface area contributed by atoms with E-state index >= 15 is 0 Å². The van der Waals surface area contributed by atoms with Gasteiger partial charge < -0.3 is 4.90 Å². The number of aromatic nitrogens is 1. The molecule has 4 heteroatoms. The molecule has 0 saturated heterocycles. The Morgan fingerprint density at radius 2 is 1.89 bits per heavy atom. The molecule has 0 aromatic carbocycles. The van der Waals surface area contributed by atoms with Gasteiger partial charge in [-0.3, -0.25) is 4.79 Å². The summed E-state index contributed by atoms with van der Waals surface area (Å²) in [6.45, 7) is 5.81. The predicted octanol–water partition coefficient (Wildman–Crippen LogP) is 3.19. The Kier molecular flexibility index (Phi) is 7.08. The van der Waals surface area contributed by atoms with Crippen LogP contribution in [-0.2, 0) is 11.2 Å². The zero-order valence-corrected chi connectivity index (χ0v) is 11.9. The van der Waals surface area contributed by atoms with Crippen LogP contribution in [0.15, 0.2) is 18.3 Å². The van der Waals surface area contributed by atoms with Gasteiger partial charge in [0.05, 0.1) is 6.42 Å². The summed E-state index contributed by atoms with van der Waals surface area (Å²) in [5.74, 6) is -0.452. The maximum Gasteiger partial charge on any atom is 0.226 e. The molecule has 0 spiro atoms. The van der Waals surface area contributed by atoms with E-state index in [1.807, 2.05) is 4.90 Å². The monoisotopic (exact) mass is 266 g/mol. The highest BCUT2D eigenvalue weighted by Gasteiger charge is 2.13. The van der Waals surface area contributed by atoms with Crippen molar-refractivity contribution in [2.24, 2.45) is 0 Å². The van der Waals surface area contributed by atoms with Crippen LogP contribution in [0.25, 0.3) is 0 Å². The number of unbranched alkanes of at least 4 members (excludes halogenated alkanes) is 2. The summed E-state index contributed by atoms with van der Waals surface area (Å²) in [4.78, 5) is 17.6. The molecule has 0 aliphatic rings. The molecule has 3 nitrogen and oxygen atoms in total. The standard InChI is InChI=1S/C15H23FN2O/c1-3-5-9-18(10-6-4-2)15(19)12-13-7-8-17-14(16)11-13/h7-8,11H,3-6,9-10,12H2,1-2H3. The fraction of sp³-hybridized carbons (Fsp3) is 0.600. The molecule has 1 aromatic heterocycles. The molecule has 1 rings (SSSR count). The van der Waals surface area contributed by atoms with Crippen molar-refractivity contribution >= 4 is 5.91 Å². The van der Waals surface area contributed by atoms with Crippen LogP contribution < -0.4 is 0 Å². The van der Waals surface area contributed by atoms with Crippen LogP contribution >= 0.6 is 0 Å². The van der Waals surface area contributed by atoms with Gasteiger partial charge in [0.1, 0.15) is 0 Å². The van der Waals surface area contributed by atoms with Crippen molar-refractivity contribution in [3.63, 3.8) is 0 Å². The lowest BCUT2D eigenvalue weighted by Gasteiger charge is -2.22. The van der Waals surface area contributed by atoms with Gasteiger partial charge in [0, 0.05) is 19.3 Å². The topological polar surface area (TPSA) is 33.2 Å². The number of amides is 1. The molecule has 0 radical (unpaired) electrons. The molecule has 0 saturated carbocycles. The number of nitrogens with zero attached hydrogens (tertiary/aromatic N) is 2. The Labute approximate surface area is 114 Å². The van der Waals surface area contributed by atoms with Crippen LogP contribution in [0.2, 0.25) is 0 Å². The van der Waals surface area contributed by atoms with E-state index in [0.29, 0.717) is 5.56 Å². The second-order valence-electron chi connectivity index (χ2n) is 4.75. The van der Waals surface area contributed by atoms with E-state index in [1.165, 1.54) is 12.3 Å². The van der Waals surface area contributed by atoms with Crippen molar-refractivity contribution in [3.8, 4) is 0 Å². The van der Waals surface area contributed by atoms with Gasteiger partial charge in [-0.2, -0.15) is 4.39 Å². The van der Waals surface area contributed by atoms with Gasteiger partial charge in [-0.1, -0.05) is 26.7 Å². The highest BCUT2D eigenvalue weighted by molar-refractivity contribution is 5.78. The number of halogens is 1. The largest absolute Gasteiger partial charge is 0.342 e. The first-order valence-electron chi connectivity index (χ1n) is 7.05. The van der Waals surface area contributed by atoms with E-state index < -0.39 is 5.95 Å². The van der Waals surface area contributed by atoms with Crippen LogP contribution in [-0.4, -0.2) is 28.9 Å². The second-order valence-corrected chi connectivity index (χ2v) is 4.75. The minimum absolute atomic E-state index is 0.0764. The SMILES string of the molecule is CCCCN(CCCC)C(=O)Cc1ccnc(F)c1. The number of hydrogen-bond acceptors (Lipinski definition) is 2. The number of rotatable bonds is 8. The molecule has 0 N–H and O–H groups in total. The fourth-order valence-electron chi connectivity index (χ4n) is 1.90. The zero-order valence-electron chi connectivity index (χ0n) is 11.9. The lowest BCUT2D eigenvalue weighted by Crippen LogP contribution is -2.34. The molecule has 0 atom stereocenters. The van der Waals surface area contributed by atoms with Gasteiger partial charge in [0.2, 0.25) is 11.9 Å². The van der Waals surface area contributed by atoms with Crippen LogP contribution in [0.3, 0.4) is 0 Å². The fourth-order valence-corrected chi connectivity index (χ4v) is 1.90. The Balaban J connectivity index is 2.59. The summed E-state index contributed by atoms with van der Waals surface area (Å²) in [5.41, 5.74) is 0.690. The number of carbonyl (C=O) groups excluding carboxylic acids is 1. The molecule has 19 heavy (non-hydrogen) atoms. The summed E-state index contributed by atoms with van der Waals surface area (Å²) in [7, 11) is 0. The number of hydrogen-bond donors (Lipinski definition) is 0. The summed E-state index contributed by atoms with van der Waals surface area (Å²) >= 11 is 0. The highest BCUT2D eigenvalue weighted by Crippen LogP contribution is 2.06. The van der Waals surface area contributed by atoms with Crippen LogP contribution in [0.4, 0.5) is 4.39 Å². The number of pyridine rings is 1. The smallest absolute Gasteiger partial charge is 0.226 e. The van der Waals surface area contributed by atoms with E-state index in [2.05, 4.69) is 18.8 Å². The predicted molar refractivity (Wildman–Crippen MR) is 74.3 cm³/mol. The third-order valence-electron chi connectivity index (χ3n) is 3.06. The lowest BCUT2D eigenvalue weighted by molar-refractivity contribution is -0.130. The molecular formula is C15H23FN2O. The van der Waals surface area contributed by atoms with Crippen LogP contribution in [0.5, 0.6) is 0 Å². The van der Waals surface area contributed by atoms with Crippen molar-refractivity contribution in [3.05, 3.63) is 29.8 Å². The summed E-state index contributed by atoms with van der Waals surface area (Å²) in [6.07, 6.45) is 5.83. The third-order valence-corrected chi connectivity index (χ3v) is 3.06. The van der Waals surface area contributed by atoms with Gasteiger partial charge in [-0.25, -0.2) is 4.98 Å². The second kappa shape index (κ2) is 8.62. The first-order valence-corrected chi connectivity index (χ1v) is 7.05. The summed E-state index contributed by atoms with van der Waals surface area (Å²) in [5, 5.41) is 0. The maximum atomic E-state index is 13.0. The summed E-state index contributed by atoms with van der Waals surface area (Å²) in [6, 6.07) is 3.02. The lowest BCUT2D eigenvalue weighted by atomic mass is 10.1. The number of carbonyl (C=O) groups is 1. The van der Waals surface area contributed by atoms with Gasteiger partial charge >= 0.3 is 0 Å². The summed E-state index contributed by atoms with van der Waals surface area (Å²) < 4.78 is 13.0. The van der Waals surface area contributed by atoms with Crippen molar-refractivity contribution in [1.29, 1.82) is 0 Å². The van der Waals surface area contributed by atoms with Crippen molar-refractivity contribution in [2.75, 3.05) is 13.1 Å².